The number of carbonyl (C=O) groups excluding carboxylic acids is 1. The largest absolute Gasteiger partial charge is 0.494 e. The molecule has 1 fully saturated rings. The highest BCUT2D eigenvalue weighted by Crippen LogP contribution is 2.32. The maximum atomic E-state index is 12.5. The second-order valence-electron chi connectivity index (χ2n) is 8.41. The van der Waals surface area contributed by atoms with Gasteiger partial charge in [0, 0.05) is 30.9 Å². The van der Waals surface area contributed by atoms with E-state index in [0.717, 1.165) is 49.5 Å². The molecule has 7 heteroatoms. The molecule has 3 aromatic rings. The Labute approximate surface area is 182 Å². The molecule has 2 amide bonds. The van der Waals surface area contributed by atoms with Gasteiger partial charge in [-0.15, -0.1) is 0 Å². The van der Waals surface area contributed by atoms with Crippen molar-refractivity contribution in [2.45, 2.75) is 51.2 Å². The van der Waals surface area contributed by atoms with Crippen molar-refractivity contribution in [3.63, 3.8) is 0 Å². The van der Waals surface area contributed by atoms with Crippen LogP contribution in [0.3, 0.4) is 0 Å². The number of amides is 2. The van der Waals surface area contributed by atoms with E-state index in [0.29, 0.717) is 11.4 Å². The summed E-state index contributed by atoms with van der Waals surface area (Å²) in [6.45, 7) is 2.53. The Kier molecular flexibility index (Phi) is 5.40. The summed E-state index contributed by atoms with van der Waals surface area (Å²) in [5.74, 6) is 1.73. The van der Waals surface area contributed by atoms with Crippen molar-refractivity contribution < 1.29 is 9.53 Å². The van der Waals surface area contributed by atoms with Gasteiger partial charge in [-0.25, -0.2) is 9.78 Å². The first-order valence-electron chi connectivity index (χ1n) is 11.2. The van der Waals surface area contributed by atoms with Gasteiger partial charge in [0.25, 0.3) is 0 Å². The number of ether oxygens (including phenoxy) is 1. The lowest BCUT2D eigenvalue weighted by Gasteiger charge is -2.30. The van der Waals surface area contributed by atoms with Crippen molar-refractivity contribution in [1.29, 1.82) is 0 Å². The van der Waals surface area contributed by atoms with Crippen LogP contribution in [0.2, 0.25) is 0 Å². The molecule has 5 rings (SSSR count). The van der Waals surface area contributed by atoms with Crippen LogP contribution < -0.4 is 20.3 Å². The summed E-state index contributed by atoms with van der Waals surface area (Å²) in [7, 11) is 1.64. The number of nitrogens with zero attached hydrogens (tertiary/aromatic N) is 3. The van der Waals surface area contributed by atoms with Gasteiger partial charge in [0.2, 0.25) is 0 Å². The maximum absolute atomic E-state index is 12.5. The highest BCUT2D eigenvalue weighted by atomic mass is 16.5. The van der Waals surface area contributed by atoms with Crippen molar-refractivity contribution in [1.82, 2.24) is 14.9 Å². The topological polar surface area (TPSA) is 71.4 Å². The number of methoxy groups -OCH3 is 1. The fraction of sp³-hybridized carbons (Fsp3) is 0.417. The van der Waals surface area contributed by atoms with Crippen LogP contribution in [-0.2, 0) is 13.1 Å². The third-order valence-electron chi connectivity index (χ3n) is 6.40. The number of hydrogen-bond acceptors (Lipinski definition) is 4. The minimum atomic E-state index is -0.162. The minimum absolute atomic E-state index is 0.162. The normalized spacial score (nSPS) is 16.7. The molecule has 2 heterocycles. The molecule has 1 aromatic heterocycles. The summed E-state index contributed by atoms with van der Waals surface area (Å²) in [6.07, 6.45) is 5.76. The van der Waals surface area contributed by atoms with E-state index in [1.807, 2.05) is 24.3 Å². The Hall–Kier alpha value is -3.22. The third-order valence-corrected chi connectivity index (χ3v) is 6.40. The van der Waals surface area contributed by atoms with E-state index in [1.165, 1.54) is 24.8 Å². The zero-order chi connectivity index (χ0) is 21.2. The summed E-state index contributed by atoms with van der Waals surface area (Å²) in [4.78, 5) is 19.6. The molecule has 0 saturated heterocycles. The van der Waals surface area contributed by atoms with Crippen LogP contribution in [0.5, 0.6) is 5.75 Å². The van der Waals surface area contributed by atoms with Crippen LogP contribution in [0.1, 0.15) is 37.9 Å². The number of para-hydroxylation sites is 2. The van der Waals surface area contributed by atoms with Crippen molar-refractivity contribution >= 4 is 28.4 Å². The number of fused-ring (bicyclic) bond motifs is 3. The van der Waals surface area contributed by atoms with E-state index in [-0.39, 0.29) is 12.1 Å². The van der Waals surface area contributed by atoms with Gasteiger partial charge >= 0.3 is 6.03 Å². The van der Waals surface area contributed by atoms with Gasteiger partial charge in [0.15, 0.2) is 0 Å². The zero-order valence-electron chi connectivity index (χ0n) is 17.9. The van der Waals surface area contributed by atoms with Crippen LogP contribution >= 0.6 is 0 Å². The summed E-state index contributed by atoms with van der Waals surface area (Å²) >= 11 is 0. The molecule has 2 aliphatic rings. The molecule has 31 heavy (non-hydrogen) atoms. The van der Waals surface area contributed by atoms with Crippen molar-refractivity contribution in [2.24, 2.45) is 0 Å². The molecular weight excluding hydrogens is 390 g/mol. The summed E-state index contributed by atoms with van der Waals surface area (Å²) < 4.78 is 7.90. The average Bonchev–Trinajstić information content (AvgIpc) is 3.18. The SMILES string of the molecule is COc1cc(N2CCn3c(nc4ccccc43)C2)ccc1NC(=O)NC1CCCCC1. The van der Waals surface area contributed by atoms with Crippen molar-refractivity contribution in [3.8, 4) is 5.75 Å². The Balaban J connectivity index is 1.30. The van der Waals surface area contributed by atoms with E-state index in [2.05, 4.69) is 38.3 Å². The molecule has 0 spiro atoms. The molecule has 1 aliphatic carbocycles. The van der Waals surface area contributed by atoms with Gasteiger partial charge in [-0.05, 0) is 37.1 Å². The lowest BCUT2D eigenvalue weighted by atomic mass is 9.96. The van der Waals surface area contributed by atoms with E-state index in [9.17, 15) is 4.79 Å². The number of carbonyl (C=O) groups is 1. The molecule has 7 nitrogen and oxygen atoms in total. The first-order valence-corrected chi connectivity index (χ1v) is 11.2. The van der Waals surface area contributed by atoms with E-state index in [4.69, 9.17) is 9.72 Å². The summed E-state index contributed by atoms with van der Waals surface area (Å²) in [5, 5.41) is 6.06. The quantitative estimate of drug-likeness (QED) is 0.652. The fourth-order valence-electron chi connectivity index (χ4n) is 4.76. The van der Waals surface area contributed by atoms with Crippen LogP contribution in [-0.4, -0.2) is 35.3 Å². The molecule has 0 bridgehead atoms. The number of rotatable bonds is 4. The first-order chi connectivity index (χ1) is 15.2. The van der Waals surface area contributed by atoms with Gasteiger partial charge in [0.1, 0.15) is 11.6 Å². The van der Waals surface area contributed by atoms with Crippen LogP contribution in [0, 0.1) is 0 Å². The Morgan fingerprint density at radius 2 is 1.94 bits per heavy atom. The van der Waals surface area contributed by atoms with Crippen LogP contribution in [0.4, 0.5) is 16.2 Å². The second kappa shape index (κ2) is 8.49. The summed E-state index contributed by atoms with van der Waals surface area (Å²) in [6, 6.07) is 14.3. The van der Waals surface area contributed by atoms with E-state index < -0.39 is 0 Å². The molecule has 0 radical (unpaired) electrons. The van der Waals surface area contributed by atoms with Crippen LogP contribution in [0.15, 0.2) is 42.5 Å². The number of urea groups is 1. The Morgan fingerprint density at radius 3 is 2.77 bits per heavy atom. The molecule has 0 atom stereocenters. The smallest absolute Gasteiger partial charge is 0.319 e. The lowest BCUT2D eigenvalue weighted by Crippen LogP contribution is -2.39. The van der Waals surface area contributed by atoms with Gasteiger partial charge in [-0.2, -0.15) is 0 Å². The zero-order valence-corrected chi connectivity index (χ0v) is 17.9. The summed E-state index contributed by atoms with van der Waals surface area (Å²) in [5.41, 5.74) is 3.98. The van der Waals surface area contributed by atoms with E-state index >= 15 is 0 Å². The molecule has 1 saturated carbocycles. The molecule has 162 valence electrons. The average molecular weight is 420 g/mol. The van der Waals surface area contributed by atoms with Crippen molar-refractivity contribution in [2.75, 3.05) is 23.9 Å². The van der Waals surface area contributed by atoms with Gasteiger partial charge in [-0.1, -0.05) is 31.4 Å². The lowest BCUT2D eigenvalue weighted by molar-refractivity contribution is 0.244. The predicted octanol–water partition coefficient (Wildman–Crippen LogP) is 4.52. The molecule has 0 unspecified atom stereocenters. The highest BCUT2D eigenvalue weighted by Gasteiger charge is 2.22. The Morgan fingerprint density at radius 1 is 1.10 bits per heavy atom. The first kappa shape index (κ1) is 19.7. The van der Waals surface area contributed by atoms with Crippen molar-refractivity contribution in [3.05, 3.63) is 48.3 Å². The maximum Gasteiger partial charge on any atom is 0.319 e. The number of aromatic nitrogens is 2. The van der Waals surface area contributed by atoms with Gasteiger partial charge in [0.05, 0.1) is 30.4 Å². The van der Waals surface area contributed by atoms with Gasteiger partial charge in [-0.3, -0.25) is 0 Å². The second-order valence-corrected chi connectivity index (χ2v) is 8.41. The minimum Gasteiger partial charge on any atom is -0.494 e. The monoisotopic (exact) mass is 419 g/mol. The third kappa shape index (κ3) is 4.04. The Bertz CT molecular complexity index is 1090. The number of imidazole rings is 1. The molecular formula is C24H29N5O2. The fourth-order valence-corrected chi connectivity index (χ4v) is 4.76. The number of nitrogens with one attached hydrogen (secondary N) is 2. The predicted molar refractivity (Wildman–Crippen MR) is 123 cm³/mol. The number of hydrogen-bond donors (Lipinski definition) is 2. The standard InChI is InChI=1S/C24H29N5O2/c1-31-22-15-18(11-12-20(22)27-24(30)25-17-7-3-2-4-8-17)28-13-14-29-21-10-6-5-9-19(21)26-23(29)16-28/h5-6,9-12,15,17H,2-4,7-8,13-14,16H2,1H3,(H2,25,27,30). The van der Waals surface area contributed by atoms with E-state index in [1.54, 1.807) is 7.11 Å². The molecule has 2 N–H and O–H groups in total. The highest BCUT2D eigenvalue weighted by molar-refractivity contribution is 5.91. The molecule has 2 aromatic carbocycles. The van der Waals surface area contributed by atoms with Gasteiger partial charge < -0.3 is 24.8 Å². The van der Waals surface area contributed by atoms with Crippen LogP contribution in [0.25, 0.3) is 11.0 Å². The number of anilines is 2. The number of benzene rings is 2. The molecule has 1 aliphatic heterocycles.